The molecule has 1 unspecified atom stereocenters. The van der Waals surface area contributed by atoms with Crippen molar-refractivity contribution in [2.75, 3.05) is 5.32 Å². The van der Waals surface area contributed by atoms with Crippen LogP contribution < -0.4 is 5.32 Å². The summed E-state index contributed by atoms with van der Waals surface area (Å²) < 4.78 is 0. The van der Waals surface area contributed by atoms with Crippen molar-refractivity contribution in [1.29, 1.82) is 0 Å². The molecule has 1 aliphatic heterocycles. The zero-order valence-electron chi connectivity index (χ0n) is 10.5. The van der Waals surface area contributed by atoms with E-state index < -0.39 is 0 Å². The molecule has 2 aromatic carbocycles. The molecule has 3 rings (SSSR count). The average Bonchev–Trinajstić information content (AvgIpc) is 2.46. The van der Waals surface area contributed by atoms with Crippen molar-refractivity contribution in [2.45, 2.75) is 6.04 Å². The molecular weight excluding hydrogens is 234 g/mol. The third-order valence-corrected chi connectivity index (χ3v) is 3.19. The van der Waals surface area contributed by atoms with Gasteiger partial charge in [-0.2, -0.15) is 0 Å². The Morgan fingerprint density at radius 1 is 1.00 bits per heavy atom. The molecule has 1 heterocycles. The standard InChI is InChI=1S/C17H15NO/c19-17-8-4-2-6-14(17)10-12-15-11-9-13-5-1-3-7-16(13)18-15/h1-12,15,18-19H/b12-10+. The lowest BCUT2D eigenvalue weighted by atomic mass is 10.0. The van der Waals surface area contributed by atoms with Crippen LogP contribution in [0.1, 0.15) is 11.1 Å². The van der Waals surface area contributed by atoms with Crippen LogP contribution in [-0.2, 0) is 0 Å². The molecule has 1 atom stereocenters. The van der Waals surface area contributed by atoms with Gasteiger partial charge in [0.25, 0.3) is 0 Å². The zero-order chi connectivity index (χ0) is 13.1. The van der Waals surface area contributed by atoms with Crippen molar-refractivity contribution in [3.63, 3.8) is 0 Å². The first-order valence-corrected chi connectivity index (χ1v) is 6.33. The molecule has 1 aliphatic rings. The molecule has 94 valence electrons. The Morgan fingerprint density at radius 3 is 2.68 bits per heavy atom. The molecular formula is C17H15NO. The quantitative estimate of drug-likeness (QED) is 0.845. The van der Waals surface area contributed by atoms with Gasteiger partial charge in [-0.05, 0) is 17.7 Å². The summed E-state index contributed by atoms with van der Waals surface area (Å²) in [6.45, 7) is 0. The second-order valence-electron chi connectivity index (χ2n) is 4.53. The van der Waals surface area contributed by atoms with Gasteiger partial charge in [0.05, 0.1) is 6.04 Å². The van der Waals surface area contributed by atoms with Crippen LogP contribution >= 0.6 is 0 Å². The highest BCUT2D eigenvalue weighted by atomic mass is 16.3. The number of rotatable bonds is 2. The Morgan fingerprint density at radius 2 is 1.79 bits per heavy atom. The molecule has 0 spiro atoms. The number of hydrogen-bond donors (Lipinski definition) is 2. The Hall–Kier alpha value is -2.48. The van der Waals surface area contributed by atoms with E-state index in [0.29, 0.717) is 5.75 Å². The van der Waals surface area contributed by atoms with Gasteiger partial charge in [-0.15, -0.1) is 0 Å². The van der Waals surface area contributed by atoms with E-state index in [-0.39, 0.29) is 6.04 Å². The minimum Gasteiger partial charge on any atom is -0.507 e. The fourth-order valence-electron chi connectivity index (χ4n) is 2.16. The van der Waals surface area contributed by atoms with E-state index in [9.17, 15) is 5.11 Å². The van der Waals surface area contributed by atoms with Gasteiger partial charge < -0.3 is 10.4 Å². The summed E-state index contributed by atoms with van der Waals surface area (Å²) in [5.74, 6) is 0.305. The number of nitrogens with one attached hydrogen (secondary N) is 1. The van der Waals surface area contributed by atoms with Crippen LogP contribution in [0.15, 0.2) is 60.7 Å². The van der Waals surface area contributed by atoms with Crippen molar-refractivity contribution in [1.82, 2.24) is 0 Å². The third-order valence-electron chi connectivity index (χ3n) is 3.19. The zero-order valence-corrected chi connectivity index (χ0v) is 10.5. The monoisotopic (exact) mass is 249 g/mol. The van der Waals surface area contributed by atoms with E-state index in [1.165, 1.54) is 5.56 Å². The van der Waals surface area contributed by atoms with Crippen molar-refractivity contribution in [3.05, 3.63) is 71.8 Å². The summed E-state index contributed by atoms with van der Waals surface area (Å²) in [5.41, 5.74) is 3.17. The highest BCUT2D eigenvalue weighted by molar-refractivity contribution is 5.72. The van der Waals surface area contributed by atoms with Crippen molar-refractivity contribution in [3.8, 4) is 5.75 Å². The van der Waals surface area contributed by atoms with Crippen LogP contribution in [0.5, 0.6) is 5.75 Å². The Balaban J connectivity index is 1.78. The van der Waals surface area contributed by atoms with Crippen LogP contribution in [0, 0.1) is 0 Å². The molecule has 19 heavy (non-hydrogen) atoms. The van der Waals surface area contributed by atoms with Crippen LogP contribution in [0.4, 0.5) is 5.69 Å². The molecule has 0 amide bonds. The number of para-hydroxylation sites is 2. The summed E-state index contributed by atoms with van der Waals surface area (Å²) in [5, 5.41) is 13.1. The number of fused-ring (bicyclic) bond motifs is 1. The molecule has 0 saturated carbocycles. The highest BCUT2D eigenvalue weighted by Gasteiger charge is 2.08. The van der Waals surface area contributed by atoms with Gasteiger partial charge in [0, 0.05) is 11.3 Å². The molecule has 0 fully saturated rings. The van der Waals surface area contributed by atoms with Crippen LogP contribution in [0.2, 0.25) is 0 Å². The van der Waals surface area contributed by atoms with E-state index >= 15 is 0 Å². The number of hydrogen-bond acceptors (Lipinski definition) is 2. The molecule has 0 radical (unpaired) electrons. The molecule has 2 nitrogen and oxygen atoms in total. The summed E-state index contributed by atoms with van der Waals surface area (Å²) in [6, 6.07) is 15.7. The number of anilines is 1. The summed E-state index contributed by atoms with van der Waals surface area (Å²) in [6.07, 6.45) is 8.21. The fraction of sp³-hybridized carbons (Fsp3) is 0.0588. The molecule has 2 heteroatoms. The highest BCUT2D eigenvalue weighted by Crippen LogP contribution is 2.24. The first-order valence-electron chi connectivity index (χ1n) is 6.33. The van der Waals surface area contributed by atoms with Gasteiger partial charge in [-0.1, -0.05) is 60.7 Å². The van der Waals surface area contributed by atoms with E-state index in [2.05, 4.69) is 29.6 Å². The third kappa shape index (κ3) is 2.52. The second-order valence-corrected chi connectivity index (χ2v) is 4.53. The average molecular weight is 249 g/mol. The first-order chi connectivity index (χ1) is 9.33. The van der Waals surface area contributed by atoms with Gasteiger partial charge in [-0.25, -0.2) is 0 Å². The predicted molar refractivity (Wildman–Crippen MR) is 80.0 cm³/mol. The minimum absolute atomic E-state index is 0.148. The van der Waals surface area contributed by atoms with Crippen LogP contribution in [0.25, 0.3) is 12.2 Å². The maximum atomic E-state index is 9.71. The summed E-state index contributed by atoms with van der Waals surface area (Å²) in [7, 11) is 0. The first kappa shape index (κ1) is 11.6. The maximum absolute atomic E-state index is 9.71. The number of benzene rings is 2. The van der Waals surface area contributed by atoms with E-state index in [0.717, 1.165) is 11.3 Å². The summed E-state index contributed by atoms with van der Waals surface area (Å²) >= 11 is 0. The predicted octanol–water partition coefficient (Wildman–Crippen LogP) is 3.91. The minimum atomic E-state index is 0.148. The second kappa shape index (κ2) is 5.02. The number of aromatic hydroxyl groups is 1. The molecule has 0 aromatic heterocycles. The van der Waals surface area contributed by atoms with E-state index in [1.54, 1.807) is 6.07 Å². The Labute approximate surface area is 112 Å². The molecule has 2 N–H and O–H groups in total. The fourth-order valence-corrected chi connectivity index (χ4v) is 2.16. The largest absolute Gasteiger partial charge is 0.507 e. The normalized spacial score (nSPS) is 17.2. The van der Waals surface area contributed by atoms with Gasteiger partial charge >= 0.3 is 0 Å². The van der Waals surface area contributed by atoms with E-state index in [4.69, 9.17) is 0 Å². The smallest absolute Gasteiger partial charge is 0.122 e. The lowest BCUT2D eigenvalue weighted by Gasteiger charge is -2.19. The van der Waals surface area contributed by atoms with Gasteiger partial charge in [0.15, 0.2) is 0 Å². The molecule has 0 saturated heterocycles. The lowest BCUT2D eigenvalue weighted by Crippen LogP contribution is -2.17. The number of phenols is 1. The van der Waals surface area contributed by atoms with Gasteiger partial charge in [0.1, 0.15) is 5.75 Å². The summed E-state index contributed by atoms with van der Waals surface area (Å²) in [4.78, 5) is 0. The van der Waals surface area contributed by atoms with Crippen molar-refractivity contribution < 1.29 is 5.11 Å². The van der Waals surface area contributed by atoms with E-state index in [1.807, 2.05) is 42.5 Å². The Bertz CT molecular complexity index is 643. The number of phenolic OH excluding ortho intramolecular Hbond substituents is 1. The topological polar surface area (TPSA) is 32.3 Å². The van der Waals surface area contributed by atoms with Crippen molar-refractivity contribution >= 4 is 17.8 Å². The maximum Gasteiger partial charge on any atom is 0.122 e. The molecule has 0 bridgehead atoms. The van der Waals surface area contributed by atoms with Crippen LogP contribution in [0.3, 0.4) is 0 Å². The Kier molecular flexibility index (Phi) is 3.07. The molecule has 2 aromatic rings. The molecule has 0 aliphatic carbocycles. The lowest BCUT2D eigenvalue weighted by molar-refractivity contribution is 0.474. The SMILES string of the molecule is Oc1ccccc1/C=C/C1C=Cc2ccccc2N1. The van der Waals surface area contributed by atoms with Gasteiger partial charge in [-0.3, -0.25) is 0 Å². The van der Waals surface area contributed by atoms with Gasteiger partial charge in [0.2, 0.25) is 0 Å². The van der Waals surface area contributed by atoms with Crippen LogP contribution in [-0.4, -0.2) is 11.1 Å². The van der Waals surface area contributed by atoms with Crippen molar-refractivity contribution in [2.24, 2.45) is 0 Å².